The highest BCUT2D eigenvalue weighted by atomic mass is 16.5. The molecular weight excluding hydrogens is 436 g/mol. The van der Waals surface area contributed by atoms with Gasteiger partial charge in [-0.15, -0.1) is 0 Å². The molecule has 5 N–H and O–H groups in total. The lowest BCUT2D eigenvalue weighted by Gasteiger charge is -2.26. The first-order valence-corrected chi connectivity index (χ1v) is 9.95. The number of nitrogens with one attached hydrogen (secondary N) is 1. The first kappa shape index (κ1) is 27.7. The first-order valence-electron chi connectivity index (χ1n) is 9.95. The standard InChI is InChI=1S/C18H30N2O12/c21-15(22)13(16(23)24)12-11-32-10-9-31-6-3-20(14(17(25)26)18(27)28)2-5-30-8-7-29-4-1-19-12/h12-14,19H,1-11H2,(H,21,22)(H,23,24)(H,25,26)(H,27,28). The second kappa shape index (κ2) is 15.4. The molecule has 0 aromatic rings. The van der Waals surface area contributed by atoms with Gasteiger partial charge in [-0.05, 0) is 0 Å². The average Bonchev–Trinajstić information content (AvgIpc) is 2.69. The van der Waals surface area contributed by atoms with Gasteiger partial charge in [-0.2, -0.15) is 0 Å². The van der Waals surface area contributed by atoms with E-state index in [4.69, 9.17) is 18.9 Å². The molecule has 1 aliphatic rings. The summed E-state index contributed by atoms with van der Waals surface area (Å²) in [5.41, 5.74) is 0. The van der Waals surface area contributed by atoms with E-state index in [1.165, 1.54) is 4.90 Å². The second-order valence-corrected chi connectivity index (χ2v) is 6.74. The highest BCUT2D eigenvalue weighted by Crippen LogP contribution is 2.07. The zero-order valence-electron chi connectivity index (χ0n) is 17.5. The first-order chi connectivity index (χ1) is 15.3. The fourth-order valence-corrected chi connectivity index (χ4v) is 2.94. The normalized spacial score (nSPS) is 21.5. The smallest absolute Gasteiger partial charge is 0.332 e. The number of carboxylic acid groups (broad SMARTS) is 4. The summed E-state index contributed by atoms with van der Waals surface area (Å²) in [5.74, 6) is -7.73. The van der Waals surface area contributed by atoms with E-state index in [9.17, 15) is 39.6 Å². The summed E-state index contributed by atoms with van der Waals surface area (Å²) in [6.45, 7) is 0.674. The lowest BCUT2D eigenvalue weighted by atomic mass is 10.0. The van der Waals surface area contributed by atoms with Crippen LogP contribution in [0, 0.1) is 5.92 Å². The van der Waals surface area contributed by atoms with Crippen LogP contribution < -0.4 is 5.32 Å². The molecule has 1 aliphatic heterocycles. The van der Waals surface area contributed by atoms with Gasteiger partial charge in [-0.3, -0.25) is 14.5 Å². The number of rotatable bonds is 6. The number of carbonyl (C=O) groups is 4. The molecule has 0 aliphatic carbocycles. The van der Waals surface area contributed by atoms with Crippen molar-refractivity contribution in [2.45, 2.75) is 12.1 Å². The summed E-state index contributed by atoms with van der Waals surface area (Å²) in [6.07, 6.45) is 0. The number of hydrogen-bond acceptors (Lipinski definition) is 10. The Labute approximate surface area is 184 Å². The van der Waals surface area contributed by atoms with Crippen LogP contribution in [0.15, 0.2) is 0 Å². The van der Waals surface area contributed by atoms with E-state index in [1.807, 2.05) is 0 Å². The molecule has 0 aromatic heterocycles. The highest BCUT2D eigenvalue weighted by molar-refractivity contribution is 5.97. The van der Waals surface area contributed by atoms with Gasteiger partial charge in [0.2, 0.25) is 6.04 Å². The lowest BCUT2D eigenvalue weighted by molar-refractivity contribution is -0.158. The van der Waals surface area contributed by atoms with E-state index >= 15 is 0 Å². The summed E-state index contributed by atoms with van der Waals surface area (Å²) >= 11 is 0. The molecule has 0 saturated carbocycles. The SMILES string of the molecule is O=C(O)C(C(=O)O)C1COCCOCCN(C(C(=O)O)C(=O)O)CCOCCOCCN1. The van der Waals surface area contributed by atoms with Crippen LogP contribution in [-0.4, -0.2) is 134 Å². The van der Waals surface area contributed by atoms with Crippen molar-refractivity contribution in [3.05, 3.63) is 0 Å². The predicted octanol–water partition coefficient (Wildman–Crippen LogP) is -2.35. The third kappa shape index (κ3) is 10.3. The molecule has 0 bridgehead atoms. The van der Waals surface area contributed by atoms with Crippen molar-refractivity contribution in [3.63, 3.8) is 0 Å². The molecule has 1 atom stereocenters. The van der Waals surface area contributed by atoms with Crippen LogP contribution in [0.3, 0.4) is 0 Å². The number of hydrogen-bond donors (Lipinski definition) is 5. The molecule has 1 heterocycles. The fourth-order valence-electron chi connectivity index (χ4n) is 2.94. The molecule has 0 radical (unpaired) electrons. The summed E-state index contributed by atoms with van der Waals surface area (Å²) in [7, 11) is 0. The van der Waals surface area contributed by atoms with Crippen LogP contribution in [0.4, 0.5) is 0 Å². The summed E-state index contributed by atoms with van der Waals surface area (Å²) < 4.78 is 21.4. The van der Waals surface area contributed by atoms with Gasteiger partial charge in [0.25, 0.3) is 0 Å². The molecule has 0 spiro atoms. The Morgan fingerprint density at radius 1 is 0.688 bits per heavy atom. The fraction of sp³-hybridized carbons (Fsp3) is 0.778. The molecule has 14 heteroatoms. The van der Waals surface area contributed by atoms with Crippen molar-refractivity contribution in [2.24, 2.45) is 5.92 Å². The van der Waals surface area contributed by atoms with Crippen LogP contribution in [0.1, 0.15) is 0 Å². The molecule has 184 valence electrons. The van der Waals surface area contributed by atoms with Crippen LogP contribution >= 0.6 is 0 Å². The Bertz CT molecular complexity index is 539. The summed E-state index contributed by atoms with van der Waals surface area (Å²) in [6, 6.07) is -2.76. The highest BCUT2D eigenvalue weighted by Gasteiger charge is 2.35. The zero-order valence-corrected chi connectivity index (χ0v) is 17.5. The van der Waals surface area contributed by atoms with E-state index in [-0.39, 0.29) is 72.5 Å². The van der Waals surface area contributed by atoms with Crippen LogP contribution in [0.25, 0.3) is 0 Å². The van der Waals surface area contributed by atoms with Crippen LogP contribution in [0.5, 0.6) is 0 Å². The largest absolute Gasteiger partial charge is 0.481 e. The Balaban J connectivity index is 2.71. The molecule has 1 unspecified atom stereocenters. The van der Waals surface area contributed by atoms with Crippen molar-refractivity contribution in [1.29, 1.82) is 0 Å². The Kier molecular flexibility index (Phi) is 13.4. The van der Waals surface area contributed by atoms with Crippen LogP contribution in [0.2, 0.25) is 0 Å². The molecule has 0 amide bonds. The quantitative estimate of drug-likeness (QED) is 0.260. The molecule has 0 aromatic carbocycles. The number of nitrogens with zero attached hydrogens (tertiary/aromatic N) is 1. The van der Waals surface area contributed by atoms with Gasteiger partial charge in [0.05, 0.1) is 58.9 Å². The van der Waals surface area contributed by atoms with Crippen molar-refractivity contribution >= 4 is 23.9 Å². The van der Waals surface area contributed by atoms with Crippen molar-refractivity contribution < 1.29 is 58.6 Å². The van der Waals surface area contributed by atoms with Gasteiger partial charge in [-0.25, -0.2) is 9.59 Å². The monoisotopic (exact) mass is 466 g/mol. The van der Waals surface area contributed by atoms with Gasteiger partial charge in [0, 0.05) is 19.6 Å². The number of carboxylic acids is 4. The second-order valence-electron chi connectivity index (χ2n) is 6.74. The van der Waals surface area contributed by atoms with E-state index in [0.717, 1.165) is 0 Å². The number of aliphatic carboxylic acids is 4. The molecule has 32 heavy (non-hydrogen) atoms. The minimum atomic E-state index is -1.75. The van der Waals surface area contributed by atoms with Crippen molar-refractivity contribution in [2.75, 3.05) is 72.5 Å². The predicted molar refractivity (Wildman–Crippen MR) is 104 cm³/mol. The molecule has 1 saturated heterocycles. The van der Waals surface area contributed by atoms with E-state index < -0.39 is 41.9 Å². The van der Waals surface area contributed by atoms with Gasteiger partial charge in [-0.1, -0.05) is 0 Å². The minimum absolute atomic E-state index is 0.00735. The topological polar surface area (TPSA) is 201 Å². The van der Waals surface area contributed by atoms with Gasteiger partial charge in [0.1, 0.15) is 0 Å². The van der Waals surface area contributed by atoms with Gasteiger partial charge < -0.3 is 44.7 Å². The average molecular weight is 466 g/mol. The zero-order chi connectivity index (χ0) is 23.9. The maximum Gasteiger partial charge on any atom is 0.332 e. The summed E-state index contributed by atoms with van der Waals surface area (Å²) in [4.78, 5) is 46.5. The minimum Gasteiger partial charge on any atom is -0.481 e. The Hall–Kier alpha value is -2.36. The maximum absolute atomic E-state index is 11.3. The molecule has 1 fully saturated rings. The van der Waals surface area contributed by atoms with E-state index in [2.05, 4.69) is 5.32 Å². The third-order valence-electron chi connectivity index (χ3n) is 4.51. The van der Waals surface area contributed by atoms with Crippen molar-refractivity contribution in [3.8, 4) is 0 Å². The third-order valence-corrected chi connectivity index (χ3v) is 4.51. The van der Waals surface area contributed by atoms with Crippen LogP contribution in [-0.2, 0) is 38.1 Å². The molecule has 1 rings (SSSR count). The molecule has 14 nitrogen and oxygen atoms in total. The summed E-state index contributed by atoms with van der Waals surface area (Å²) in [5, 5.41) is 39.6. The van der Waals surface area contributed by atoms with Crippen molar-refractivity contribution in [1.82, 2.24) is 10.2 Å². The van der Waals surface area contributed by atoms with E-state index in [0.29, 0.717) is 0 Å². The maximum atomic E-state index is 11.3. The Morgan fingerprint density at radius 2 is 1.16 bits per heavy atom. The van der Waals surface area contributed by atoms with Gasteiger partial charge >= 0.3 is 23.9 Å². The van der Waals surface area contributed by atoms with E-state index in [1.54, 1.807) is 0 Å². The molecular formula is C18H30N2O12. The lowest BCUT2D eigenvalue weighted by Crippen LogP contribution is -2.49. The van der Waals surface area contributed by atoms with Gasteiger partial charge in [0.15, 0.2) is 5.92 Å². The number of ether oxygens (including phenoxy) is 4. The Morgan fingerprint density at radius 3 is 1.62 bits per heavy atom.